The van der Waals surface area contributed by atoms with Gasteiger partial charge in [-0.2, -0.15) is 0 Å². The smallest absolute Gasteiger partial charge is 0.0331 e. The quantitative estimate of drug-likeness (QED) is 0.793. The van der Waals surface area contributed by atoms with Crippen molar-refractivity contribution in [1.82, 2.24) is 10.2 Å². The molecule has 1 aromatic heterocycles. The van der Waals surface area contributed by atoms with Gasteiger partial charge in [0.25, 0.3) is 0 Å². The van der Waals surface area contributed by atoms with E-state index in [1.807, 2.05) is 11.3 Å². The first-order valence-corrected chi connectivity index (χ1v) is 8.18. The molecule has 0 aliphatic carbocycles. The summed E-state index contributed by atoms with van der Waals surface area (Å²) in [6.07, 6.45) is 0. The van der Waals surface area contributed by atoms with E-state index >= 15 is 0 Å². The van der Waals surface area contributed by atoms with Crippen molar-refractivity contribution >= 4 is 11.3 Å². The molecule has 3 heteroatoms. The Bertz CT molecular complexity index is 493. The number of hydrogen-bond donors (Lipinski definition) is 1. The highest BCUT2D eigenvalue weighted by atomic mass is 32.1. The molecule has 0 atom stereocenters. The lowest BCUT2D eigenvalue weighted by atomic mass is 10.2. The minimum Gasteiger partial charge on any atom is -0.312 e. The Kier molecular flexibility index (Phi) is 6.25. The molecule has 0 unspecified atom stereocenters. The van der Waals surface area contributed by atoms with E-state index in [1.165, 1.54) is 15.3 Å². The van der Waals surface area contributed by atoms with Crippen LogP contribution in [0.15, 0.2) is 42.5 Å². The van der Waals surface area contributed by atoms with Crippen LogP contribution < -0.4 is 5.32 Å². The molecule has 20 heavy (non-hydrogen) atoms. The molecule has 0 aliphatic rings. The van der Waals surface area contributed by atoms with Gasteiger partial charge in [-0.1, -0.05) is 44.2 Å². The van der Waals surface area contributed by atoms with Crippen LogP contribution in [0.5, 0.6) is 0 Å². The van der Waals surface area contributed by atoms with E-state index in [9.17, 15) is 0 Å². The molecule has 0 radical (unpaired) electrons. The van der Waals surface area contributed by atoms with E-state index in [2.05, 4.69) is 66.5 Å². The predicted octanol–water partition coefficient (Wildman–Crippen LogP) is 3.88. The second kappa shape index (κ2) is 8.20. The molecule has 0 bridgehead atoms. The van der Waals surface area contributed by atoms with Crippen LogP contribution in [0.25, 0.3) is 0 Å². The van der Waals surface area contributed by atoms with Gasteiger partial charge in [-0.05, 0) is 30.8 Å². The monoisotopic (exact) mass is 288 g/mol. The fourth-order valence-electron chi connectivity index (χ4n) is 2.19. The van der Waals surface area contributed by atoms with Crippen LogP contribution in [-0.2, 0) is 19.6 Å². The minimum atomic E-state index is 0.992. The zero-order valence-corrected chi connectivity index (χ0v) is 13.2. The first-order chi connectivity index (χ1) is 9.81. The van der Waals surface area contributed by atoms with Crippen LogP contribution in [0, 0.1) is 0 Å². The first-order valence-electron chi connectivity index (χ1n) is 7.36. The molecular weight excluding hydrogens is 264 g/mol. The van der Waals surface area contributed by atoms with Gasteiger partial charge in [0.15, 0.2) is 0 Å². The third kappa shape index (κ3) is 4.75. The van der Waals surface area contributed by atoms with Crippen LogP contribution in [0.4, 0.5) is 0 Å². The average Bonchev–Trinajstić information content (AvgIpc) is 2.93. The summed E-state index contributed by atoms with van der Waals surface area (Å²) in [6, 6.07) is 15.2. The van der Waals surface area contributed by atoms with Crippen molar-refractivity contribution in [2.24, 2.45) is 0 Å². The van der Waals surface area contributed by atoms with Gasteiger partial charge in [-0.15, -0.1) is 11.3 Å². The fraction of sp³-hybridized carbons (Fsp3) is 0.412. The lowest BCUT2D eigenvalue weighted by Crippen LogP contribution is -2.21. The van der Waals surface area contributed by atoms with Gasteiger partial charge >= 0.3 is 0 Å². The third-order valence-corrected chi connectivity index (χ3v) is 4.41. The summed E-state index contributed by atoms with van der Waals surface area (Å²) >= 11 is 1.92. The van der Waals surface area contributed by atoms with E-state index in [1.54, 1.807) is 0 Å². The lowest BCUT2D eigenvalue weighted by Gasteiger charge is -2.19. The Hall–Kier alpha value is -1.16. The van der Waals surface area contributed by atoms with Crippen LogP contribution in [0.2, 0.25) is 0 Å². The molecule has 108 valence electrons. The van der Waals surface area contributed by atoms with Crippen LogP contribution >= 0.6 is 11.3 Å². The fourth-order valence-corrected chi connectivity index (χ4v) is 3.22. The Morgan fingerprint density at radius 1 is 0.950 bits per heavy atom. The van der Waals surface area contributed by atoms with Crippen molar-refractivity contribution in [1.29, 1.82) is 0 Å². The average molecular weight is 288 g/mol. The van der Waals surface area contributed by atoms with Crippen molar-refractivity contribution in [3.63, 3.8) is 0 Å². The Morgan fingerprint density at radius 3 is 2.40 bits per heavy atom. The molecule has 2 nitrogen and oxygen atoms in total. The molecule has 0 amide bonds. The van der Waals surface area contributed by atoms with Crippen molar-refractivity contribution in [3.05, 3.63) is 57.8 Å². The summed E-state index contributed by atoms with van der Waals surface area (Å²) in [7, 11) is 0. The molecule has 1 aromatic carbocycles. The third-order valence-electron chi connectivity index (χ3n) is 3.34. The zero-order chi connectivity index (χ0) is 14.2. The summed E-state index contributed by atoms with van der Waals surface area (Å²) in [5.41, 5.74) is 1.39. The van der Waals surface area contributed by atoms with Gasteiger partial charge in [-0.3, -0.25) is 4.90 Å². The van der Waals surface area contributed by atoms with Crippen molar-refractivity contribution in [2.75, 3.05) is 13.1 Å². The van der Waals surface area contributed by atoms with Crippen LogP contribution in [0.1, 0.15) is 29.2 Å². The normalized spacial score (nSPS) is 11.2. The van der Waals surface area contributed by atoms with Gasteiger partial charge in [0.2, 0.25) is 0 Å². The highest BCUT2D eigenvalue weighted by molar-refractivity contribution is 7.11. The number of rotatable bonds is 8. The van der Waals surface area contributed by atoms with Crippen molar-refractivity contribution < 1.29 is 0 Å². The van der Waals surface area contributed by atoms with Gasteiger partial charge in [0.1, 0.15) is 0 Å². The number of hydrogen-bond acceptors (Lipinski definition) is 3. The standard InChI is InChI=1S/C17H24N2S/c1-3-18-12-16-10-11-17(20-16)14-19(4-2)13-15-8-6-5-7-9-15/h5-11,18H,3-4,12-14H2,1-2H3. The van der Waals surface area contributed by atoms with E-state index in [4.69, 9.17) is 0 Å². The minimum absolute atomic E-state index is 0.992. The lowest BCUT2D eigenvalue weighted by molar-refractivity contribution is 0.274. The number of benzene rings is 1. The van der Waals surface area contributed by atoms with Gasteiger partial charge in [0.05, 0.1) is 0 Å². The van der Waals surface area contributed by atoms with E-state index in [-0.39, 0.29) is 0 Å². The number of nitrogens with one attached hydrogen (secondary N) is 1. The molecule has 0 spiro atoms. The maximum atomic E-state index is 3.38. The highest BCUT2D eigenvalue weighted by Crippen LogP contribution is 2.19. The maximum Gasteiger partial charge on any atom is 0.0331 e. The summed E-state index contributed by atoms with van der Waals surface area (Å²) < 4.78 is 0. The van der Waals surface area contributed by atoms with Crippen molar-refractivity contribution in [3.8, 4) is 0 Å². The molecule has 0 saturated carbocycles. The summed E-state index contributed by atoms with van der Waals surface area (Å²) in [5.74, 6) is 0. The second-order valence-corrected chi connectivity index (χ2v) is 6.19. The van der Waals surface area contributed by atoms with Gasteiger partial charge in [-0.25, -0.2) is 0 Å². The molecule has 2 rings (SSSR count). The number of nitrogens with zero attached hydrogens (tertiary/aromatic N) is 1. The number of thiophene rings is 1. The zero-order valence-electron chi connectivity index (χ0n) is 12.4. The van der Waals surface area contributed by atoms with Gasteiger partial charge < -0.3 is 5.32 Å². The molecule has 0 aliphatic heterocycles. The van der Waals surface area contributed by atoms with E-state index in [0.29, 0.717) is 0 Å². The molecule has 1 heterocycles. The van der Waals surface area contributed by atoms with Gasteiger partial charge in [0, 0.05) is 29.4 Å². The summed E-state index contributed by atoms with van der Waals surface area (Å²) in [4.78, 5) is 5.37. The highest BCUT2D eigenvalue weighted by Gasteiger charge is 2.07. The maximum absolute atomic E-state index is 3.38. The largest absolute Gasteiger partial charge is 0.312 e. The van der Waals surface area contributed by atoms with E-state index < -0.39 is 0 Å². The van der Waals surface area contributed by atoms with Crippen molar-refractivity contribution in [2.45, 2.75) is 33.5 Å². The molecule has 1 N–H and O–H groups in total. The Balaban J connectivity index is 1.91. The van der Waals surface area contributed by atoms with E-state index in [0.717, 1.165) is 32.7 Å². The van der Waals surface area contributed by atoms with Crippen LogP contribution in [0.3, 0.4) is 0 Å². The topological polar surface area (TPSA) is 15.3 Å². The first kappa shape index (κ1) is 15.2. The summed E-state index contributed by atoms with van der Waals surface area (Å²) in [5, 5.41) is 3.38. The molecule has 2 aromatic rings. The predicted molar refractivity (Wildman–Crippen MR) is 87.9 cm³/mol. The molecule has 0 saturated heterocycles. The second-order valence-electron chi connectivity index (χ2n) is 4.94. The van der Waals surface area contributed by atoms with Crippen LogP contribution in [-0.4, -0.2) is 18.0 Å². The molecule has 0 fully saturated rings. The summed E-state index contributed by atoms with van der Waals surface area (Å²) in [6.45, 7) is 9.55. The molecular formula is C17H24N2S. The Morgan fingerprint density at radius 2 is 1.70 bits per heavy atom. The Labute approximate surface area is 126 Å². The SMILES string of the molecule is CCNCc1ccc(CN(CC)Cc2ccccc2)s1.